The van der Waals surface area contributed by atoms with Gasteiger partial charge < -0.3 is 10.0 Å². The molecule has 0 bridgehead atoms. The van der Waals surface area contributed by atoms with E-state index in [1.165, 1.54) is 13.0 Å². The highest BCUT2D eigenvalue weighted by molar-refractivity contribution is 5.04. The molecule has 1 saturated heterocycles. The van der Waals surface area contributed by atoms with Crippen molar-refractivity contribution in [1.82, 2.24) is 4.90 Å². The summed E-state index contributed by atoms with van der Waals surface area (Å²) >= 11 is 0. The first-order chi connectivity index (χ1) is 8.42. The lowest BCUT2D eigenvalue weighted by Gasteiger charge is -2.50. The maximum atomic E-state index is 9.83. The summed E-state index contributed by atoms with van der Waals surface area (Å²) in [4.78, 5) is 2.48. The molecule has 0 aromatic carbocycles. The molecule has 0 spiro atoms. The molecule has 1 heterocycles. The summed E-state index contributed by atoms with van der Waals surface area (Å²) in [7, 11) is 2.23. The molecular formula is C16H31NO. The SMILES string of the molecule is C=C(CC(C)C(CC)C1C(C)CN1C)C(O)CC. The van der Waals surface area contributed by atoms with Gasteiger partial charge in [0.25, 0.3) is 0 Å². The Hall–Kier alpha value is -0.340. The third-order valence-corrected chi connectivity index (χ3v) is 4.75. The van der Waals surface area contributed by atoms with E-state index in [0.29, 0.717) is 5.92 Å². The molecule has 2 nitrogen and oxygen atoms in total. The van der Waals surface area contributed by atoms with Crippen LogP contribution in [-0.2, 0) is 0 Å². The van der Waals surface area contributed by atoms with Crippen LogP contribution in [0.4, 0.5) is 0 Å². The third kappa shape index (κ3) is 3.36. The quantitative estimate of drug-likeness (QED) is 0.704. The fourth-order valence-electron chi connectivity index (χ4n) is 3.70. The van der Waals surface area contributed by atoms with E-state index >= 15 is 0 Å². The number of nitrogens with zero attached hydrogens (tertiary/aromatic N) is 1. The fourth-order valence-corrected chi connectivity index (χ4v) is 3.70. The van der Waals surface area contributed by atoms with Crippen molar-refractivity contribution in [2.45, 2.75) is 59.1 Å². The van der Waals surface area contributed by atoms with Crippen LogP contribution in [0.25, 0.3) is 0 Å². The predicted octanol–water partition coefficient (Wildman–Crippen LogP) is 3.32. The van der Waals surface area contributed by atoms with Crippen LogP contribution in [0.15, 0.2) is 12.2 Å². The Labute approximate surface area is 113 Å². The molecular weight excluding hydrogens is 222 g/mol. The lowest BCUT2D eigenvalue weighted by Crippen LogP contribution is -2.57. The number of aliphatic hydroxyl groups is 1. The maximum Gasteiger partial charge on any atom is 0.0745 e. The number of hydrogen-bond donors (Lipinski definition) is 1. The monoisotopic (exact) mass is 253 g/mol. The normalized spacial score (nSPS) is 29.4. The van der Waals surface area contributed by atoms with E-state index in [1.54, 1.807) is 0 Å². The molecule has 5 unspecified atom stereocenters. The van der Waals surface area contributed by atoms with Crippen molar-refractivity contribution in [2.24, 2.45) is 17.8 Å². The van der Waals surface area contributed by atoms with E-state index in [0.717, 1.165) is 36.3 Å². The average Bonchev–Trinajstić information content (AvgIpc) is 2.34. The van der Waals surface area contributed by atoms with E-state index in [2.05, 4.69) is 39.3 Å². The molecule has 1 aliphatic heterocycles. The molecule has 1 fully saturated rings. The van der Waals surface area contributed by atoms with E-state index < -0.39 is 0 Å². The minimum absolute atomic E-state index is 0.318. The summed E-state index contributed by atoms with van der Waals surface area (Å²) in [6.45, 7) is 14.3. The molecule has 0 radical (unpaired) electrons. The molecule has 0 aromatic heterocycles. The molecule has 0 aliphatic carbocycles. The first kappa shape index (κ1) is 15.7. The van der Waals surface area contributed by atoms with Gasteiger partial charge in [-0.2, -0.15) is 0 Å². The largest absolute Gasteiger partial charge is 0.389 e. The molecule has 106 valence electrons. The fraction of sp³-hybridized carbons (Fsp3) is 0.875. The summed E-state index contributed by atoms with van der Waals surface area (Å²) in [6, 6.07) is 0.719. The van der Waals surface area contributed by atoms with E-state index in [1.807, 2.05) is 6.92 Å². The Morgan fingerprint density at radius 3 is 2.39 bits per heavy atom. The molecule has 0 amide bonds. The van der Waals surface area contributed by atoms with Crippen molar-refractivity contribution in [3.63, 3.8) is 0 Å². The minimum atomic E-state index is -0.318. The number of hydrogen-bond acceptors (Lipinski definition) is 2. The molecule has 1 aliphatic rings. The van der Waals surface area contributed by atoms with Crippen LogP contribution in [0.1, 0.15) is 47.0 Å². The zero-order valence-electron chi connectivity index (χ0n) is 12.8. The Balaban J connectivity index is 2.57. The van der Waals surface area contributed by atoms with Crippen LogP contribution in [0.5, 0.6) is 0 Å². The van der Waals surface area contributed by atoms with Gasteiger partial charge in [0.1, 0.15) is 0 Å². The van der Waals surface area contributed by atoms with Crippen LogP contribution < -0.4 is 0 Å². The van der Waals surface area contributed by atoms with Crippen molar-refractivity contribution in [2.75, 3.05) is 13.6 Å². The van der Waals surface area contributed by atoms with Crippen molar-refractivity contribution < 1.29 is 5.11 Å². The number of rotatable bonds is 7. The van der Waals surface area contributed by atoms with Gasteiger partial charge in [-0.1, -0.05) is 40.7 Å². The Morgan fingerprint density at radius 2 is 2.00 bits per heavy atom. The number of aliphatic hydroxyl groups excluding tert-OH is 1. The lowest BCUT2D eigenvalue weighted by atomic mass is 9.72. The van der Waals surface area contributed by atoms with Gasteiger partial charge in [-0.25, -0.2) is 0 Å². The van der Waals surface area contributed by atoms with Crippen molar-refractivity contribution in [3.8, 4) is 0 Å². The molecule has 0 aromatic rings. The molecule has 18 heavy (non-hydrogen) atoms. The number of likely N-dealkylation sites (tertiary alicyclic amines) is 1. The van der Waals surface area contributed by atoms with Gasteiger partial charge in [-0.15, -0.1) is 0 Å². The smallest absolute Gasteiger partial charge is 0.0745 e. The first-order valence-corrected chi connectivity index (χ1v) is 7.48. The van der Waals surface area contributed by atoms with Crippen LogP contribution in [0, 0.1) is 17.8 Å². The standard InChI is InChI=1S/C16H31NO/c1-7-14(16-13(5)10-17(16)6)11(3)9-12(4)15(18)8-2/h11,13-16,18H,4,7-10H2,1-3,5-6H3. The summed E-state index contributed by atoms with van der Waals surface area (Å²) in [5.41, 5.74) is 1.01. The predicted molar refractivity (Wildman–Crippen MR) is 78.6 cm³/mol. The van der Waals surface area contributed by atoms with Gasteiger partial charge in [0.05, 0.1) is 6.10 Å². The highest BCUT2D eigenvalue weighted by atomic mass is 16.3. The second-order valence-corrected chi connectivity index (χ2v) is 6.24. The molecule has 1 N–H and O–H groups in total. The molecule has 5 atom stereocenters. The zero-order valence-corrected chi connectivity index (χ0v) is 12.8. The van der Waals surface area contributed by atoms with E-state index in [-0.39, 0.29) is 6.10 Å². The van der Waals surface area contributed by atoms with Crippen LogP contribution in [-0.4, -0.2) is 35.7 Å². The van der Waals surface area contributed by atoms with Crippen LogP contribution in [0.2, 0.25) is 0 Å². The van der Waals surface area contributed by atoms with Crippen molar-refractivity contribution in [3.05, 3.63) is 12.2 Å². The second kappa shape index (κ2) is 6.72. The van der Waals surface area contributed by atoms with Crippen LogP contribution in [0.3, 0.4) is 0 Å². The van der Waals surface area contributed by atoms with Gasteiger partial charge in [0.2, 0.25) is 0 Å². The van der Waals surface area contributed by atoms with Gasteiger partial charge in [0, 0.05) is 12.6 Å². The van der Waals surface area contributed by atoms with E-state index in [4.69, 9.17) is 0 Å². The average molecular weight is 253 g/mol. The lowest BCUT2D eigenvalue weighted by molar-refractivity contribution is -0.0112. The minimum Gasteiger partial charge on any atom is -0.389 e. The van der Waals surface area contributed by atoms with Crippen molar-refractivity contribution in [1.29, 1.82) is 0 Å². The second-order valence-electron chi connectivity index (χ2n) is 6.24. The highest BCUT2D eigenvalue weighted by Crippen LogP contribution is 2.37. The Bertz CT molecular complexity index is 268. The van der Waals surface area contributed by atoms with Crippen LogP contribution >= 0.6 is 0 Å². The summed E-state index contributed by atoms with van der Waals surface area (Å²) in [5, 5.41) is 9.83. The molecule has 2 heteroatoms. The Morgan fingerprint density at radius 1 is 1.39 bits per heavy atom. The Kier molecular flexibility index (Phi) is 5.87. The van der Waals surface area contributed by atoms with Crippen molar-refractivity contribution >= 4 is 0 Å². The summed E-state index contributed by atoms with van der Waals surface area (Å²) in [5.74, 6) is 2.14. The highest BCUT2D eigenvalue weighted by Gasteiger charge is 2.39. The molecule has 1 rings (SSSR count). The molecule has 0 saturated carbocycles. The zero-order chi connectivity index (χ0) is 13.9. The summed E-state index contributed by atoms with van der Waals surface area (Å²) < 4.78 is 0. The third-order valence-electron chi connectivity index (χ3n) is 4.75. The van der Waals surface area contributed by atoms with Gasteiger partial charge >= 0.3 is 0 Å². The van der Waals surface area contributed by atoms with E-state index in [9.17, 15) is 5.11 Å². The van der Waals surface area contributed by atoms with Gasteiger partial charge in [-0.05, 0) is 43.2 Å². The van der Waals surface area contributed by atoms with Gasteiger partial charge in [-0.3, -0.25) is 0 Å². The maximum absolute atomic E-state index is 9.83. The van der Waals surface area contributed by atoms with Gasteiger partial charge in [0.15, 0.2) is 0 Å². The topological polar surface area (TPSA) is 23.5 Å². The first-order valence-electron chi connectivity index (χ1n) is 7.48. The summed E-state index contributed by atoms with van der Waals surface area (Å²) in [6.07, 6.45) is 2.64.